The summed E-state index contributed by atoms with van der Waals surface area (Å²) in [5, 5.41) is 0. The largest absolute Gasteiger partial charge is 0.264 e. The van der Waals surface area contributed by atoms with E-state index in [0.29, 0.717) is 0 Å². The third kappa shape index (κ3) is 4.09. The smallest absolute Gasteiger partial charge is 0.130 e. The van der Waals surface area contributed by atoms with E-state index in [1.165, 1.54) is 35.1 Å². The van der Waals surface area contributed by atoms with Crippen LogP contribution in [-0.4, -0.2) is 12.3 Å². The average molecular weight is 263 g/mol. The number of pyridine rings is 1. The van der Waals surface area contributed by atoms with Crippen LogP contribution in [-0.2, 0) is 12.6 Å². The second-order valence-electron chi connectivity index (χ2n) is 5.54. The highest BCUT2D eigenvalue weighted by Gasteiger charge is 2.01. The minimum absolute atomic E-state index is 1.10. The fourth-order valence-electron chi connectivity index (χ4n) is 2.29. The van der Waals surface area contributed by atoms with Gasteiger partial charge in [0.05, 0.1) is 0 Å². The molecule has 1 nitrogen and oxygen atoms in total. The van der Waals surface area contributed by atoms with Gasteiger partial charge in [0.25, 0.3) is 0 Å². The van der Waals surface area contributed by atoms with Crippen molar-refractivity contribution in [2.45, 2.75) is 33.4 Å². The molecule has 0 radical (unpaired) electrons. The van der Waals surface area contributed by atoms with Gasteiger partial charge in [-0.15, -0.1) is 0 Å². The molecule has 0 amide bonds. The zero-order chi connectivity index (χ0) is 14.4. The lowest BCUT2D eigenvalue weighted by molar-refractivity contribution is 1.22. The summed E-state index contributed by atoms with van der Waals surface area (Å²) < 4.78 is 0. The molecular weight excluding hydrogens is 241 g/mol. The number of aromatic nitrogens is 1. The molecule has 0 N–H and O–H groups in total. The minimum Gasteiger partial charge on any atom is -0.264 e. The summed E-state index contributed by atoms with van der Waals surface area (Å²) in [6, 6.07) is 13.1. The molecule has 1 aromatic heterocycles. The molecule has 102 valence electrons. The van der Waals surface area contributed by atoms with E-state index in [0.717, 1.165) is 12.6 Å². The van der Waals surface area contributed by atoms with Gasteiger partial charge in [-0.05, 0) is 43.5 Å². The van der Waals surface area contributed by atoms with Gasteiger partial charge in [-0.2, -0.15) is 0 Å². The zero-order valence-electron chi connectivity index (χ0n) is 12.7. The first-order chi connectivity index (χ1) is 9.66. The van der Waals surface area contributed by atoms with Crippen LogP contribution in [0.4, 0.5) is 0 Å². The lowest BCUT2D eigenvalue weighted by Crippen LogP contribution is -2.02. The first-order valence-electron chi connectivity index (χ1n) is 7.29. The Hall–Kier alpha value is -1.83. The summed E-state index contributed by atoms with van der Waals surface area (Å²) >= 11 is 0. The summed E-state index contributed by atoms with van der Waals surface area (Å²) in [5.41, 5.74) is 6.87. The van der Waals surface area contributed by atoms with Crippen LogP contribution in [0.5, 0.6) is 0 Å². The lowest BCUT2D eigenvalue weighted by Gasteiger charge is -2.07. The Morgan fingerprint density at radius 3 is 2.45 bits per heavy atom. The monoisotopic (exact) mass is 263 g/mol. The van der Waals surface area contributed by atoms with E-state index < -0.39 is 0 Å². The molecule has 0 saturated carbocycles. The second kappa shape index (κ2) is 7.09. The molecule has 0 unspecified atom stereocenters. The quantitative estimate of drug-likeness (QED) is 0.742. The zero-order valence-corrected chi connectivity index (χ0v) is 12.7. The van der Waals surface area contributed by atoms with Crippen LogP contribution in [0.2, 0.25) is 0 Å². The van der Waals surface area contributed by atoms with E-state index in [1.54, 1.807) is 0 Å². The fraction of sp³-hybridized carbons (Fsp3) is 0.278. The summed E-state index contributed by atoms with van der Waals surface area (Å²) in [4.78, 5) is 4.16. The molecular formula is C18H22BN. The molecule has 2 rings (SSSR count). The highest BCUT2D eigenvalue weighted by molar-refractivity contribution is 6.34. The van der Waals surface area contributed by atoms with Gasteiger partial charge >= 0.3 is 0 Å². The fourth-order valence-corrected chi connectivity index (χ4v) is 2.29. The molecule has 2 aromatic rings. The van der Waals surface area contributed by atoms with Crippen LogP contribution in [0.15, 0.2) is 54.4 Å². The van der Waals surface area contributed by atoms with Crippen molar-refractivity contribution in [2.24, 2.45) is 0 Å². The van der Waals surface area contributed by atoms with Crippen molar-refractivity contribution in [3.63, 3.8) is 0 Å². The Kier molecular flexibility index (Phi) is 5.17. The summed E-state index contributed by atoms with van der Waals surface area (Å²) in [6.45, 7) is 6.54. The van der Waals surface area contributed by atoms with Crippen molar-refractivity contribution >= 4 is 12.9 Å². The third-order valence-electron chi connectivity index (χ3n) is 3.76. The van der Waals surface area contributed by atoms with Crippen molar-refractivity contribution in [1.29, 1.82) is 0 Å². The van der Waals surface area contributed by atoms with Crippen LogP contribution < -0.4 is 0 Å². The molecule has 0 aliphatic heterocycles. The van der Waals surface area contributed by atoms with Gasteiger partial charge in [0.2, 0.25) is 0 Å². The topological polar surface area (TPSA) is 12.9 Å². The molecule has 1 heterocycles. The van der Waals surface area contributed by atoms with Gasteiger partial charge in [-0.3, -0.25) is 4.98 Å². The molecule has 0 fully saturated rings. The van der Waals surface area contributed by atoms with E-state index in [1.807, 2.05) is 18.5 Å². The first kappa shape index (κ1) is 14.6. The molecule has 20 heavy (non-hydrogen) atoms. The molecule has 0 spiro atoms. The molecule has 0 aliphatic carbocycles. The number of rotatable bonds is 5. The lowest BCUT2D eigenvalue weighted by atomic mass is 9.67. The number of benzene rings is 1. The number of hydrogen-bond donors (Lipinski definition) is 0. The number of hydrogen-bond acceptors (Lipinski definition) is 1. The molecule has 0 atom stereocenters. The van der Waals surface area contributed by atoms with Gasteiger partial charge in [-0.1, -0.05) is 54.1 Å². The van der Waals surface area contributed by atoms with Crippen LogP contribution >= 0.6 is 0 Å². The van der Waals surface area contributed by atoms with Crippen molar-refractivity contribution in [2.75, 3.05) is 0 Å². The highest BCUT2D eigenvalue weighted by Crippen LogP contribution is 2.19. The standard InChI is InChI=1S/C18H22BN/c1-14(2)15(3)18-8-4-6-16(10-18)11-19-12-17-7-5-9-20-13-17/h4-10,13,19H,11-12H2,1-3H3. The van der Waals surface area contributed by atoms with Crippen molar-refractivity contribution in [3.05, 3.63) is 71.1 Å². The van der Waals surface area contributed by atoms with Crippen molar-refractivity contribution in [3.8, 4) is 0 Å². The predicted molar refractivity (Wildman–Crippen MR) is 89.2 cm³/mol. The third-order valence-corrected chi connectivity index (χ3v) is 3.76. The van der Waals surface area contributed by atoms with Crippen molar-refractivity contribution in [1.82, 2.24) is 4.98 Å². The average Bonchev–Trinajstić information content (AvgIpc) is 2.48. The normalized spacial score (nSPS) is 10.2. The molecule has 0 aliphatic rings. The maximum absolute atomic E-state index is 4.16. The SMILES string of the molecule is CC(C)=C(C)c1cccc(CBCc2cccnc2)c1. The second-order valence-corrected chi connectivity index (χ2v) is 5.54. The van der Waals surface area contributed by atoms with E-state index in [9.17, 15) is 0 Å². The molecule has 0 bridgehead atoms. The van der Waals surface area contributed by atoms with E-state index in [4.69, 9.17) is 0 Å². The number of nitrogens with zero attached hydrogens (tertiary/aromatic N) is 1. The minimum atomic E-state index is 1.10. The first-order valence-corrected chi connectivity index (χ1v) is 7.29. The van der Waals surface area contributed by atoms with Gasteiger partial charge in [0, 0.05) is 12.4 Å². The van der Waals surface area contributed by atoms with Gasteiger partial charge < -0.3 is 0 Å². The highest BCUT2D eigenvalue weighted by atomic mass is 14.6. The summed E-state index contributed by atoms with van der Waals surface area (Å²) in [5.74, 6) is 0. The maximum Gasteiger partial charge on any atom is 0.130 e. The van der Waals surface area contributed by atoms with E-state index >= 15 is 0 Å². The summed E-state index contributed by atoms with van der Waals surface area (Å²) in [7, 11) is 1.17. The Labute approximate surface area is 123 Å². The van der Waals surface area contributed by atoms with Gasteiger partial charge in [0.1, 0.15) is 7.28 Å². The van der Waals surface area contributed by atoms with Gasteiger partial charge in [-0.25, -0.2) is 0 Å². The Morgan fingerprint density at radius 2 is 1.75 bits per heavy atom. The Balaban J connectivity index is 1.97. The van der Waals surface area contributed by atoms with Gasteiger partial charge in [0.15, 0.2) is 0 Å². The maximum atomic E-state index is 4.16. The van der Waals surface area contributed by atoms with Crippen molar-refractivity contribution < 1.29 is 0 Å². The van der Waals surface area contributed by atoms with E-state index in [-0.39, 0.29) is 0 Å². The van der Waals surface area contributed by atoms with Crippen LogP contribution in [0.25, 0.3) is 5.57 Å². The van der Waals surface area contributed by atoms with Crippen LogP contribution in [0, 0.1) is 0 Å². The Bertz CT molecular complexity index is 583. The number of allylic oxidation sites excluding steroid dienone is 2. The van der Waals surface area contributed by atoms with Crippen LogP contribution in [0.3, 0.4) is 0 Å². The molecule has 1 aromatic carbocycles. The molecule has 2 heteroatoms. The Morgan fingerprint density at radius 1 is 1.00 bits per heavy atom. The predicted octanol–water partition coefficient (Wildman–Crippen LogP) is 4.03. The molecule has 0 saturated heterocycles. The van der Waals surface area contributed by atoms with E-state index in [2.05, 4.69) is 56.1 Å². The van der Waals surface area contributed by atoms with Crippen LogP contribution in [0.1, 0.15) is 37.5 Å². The summed E-state index contributed by atoms with van der Waals surface area (Å²) in [6.07, 6.45) is 6.01.